The Balaban J connectivity index is 1.83. The van der Waals surface area contributed by atoms with Crippen LogP contribution in [0.1, 0.15) is 6.42 Å². The van der Waals surface area contributed by atoms with E-state index >= 15 is 0 Å². The van der Waals surface area contributed by atoms with Crippen LogP contribution in [0.4, 0.5) is 5.82 Å². The monoisotopic (exact) mass is 372 g/mol. The largest absolute Gasteiger partial charge is 0.311 e. The number of hydrogen-bond acceptors (Lipinski definition) is 3. The van der Waals surface area contributed by atoms with Crippen LogP contribution in [0.5, 0.6) is 0 Å². The van der Waals surface area contributed by atoms with Crippen molar-refractivity contribution in [2.24, 2.45) is 0 Å². The summed E-state index contributed by atoms with van der Waals surface area (Å²) >= 11 is 6.59. The summed E-state index contributed by atoms with van der Waals surface area (Å²) in [4.78, 5) is 15.7. The summed E-state index contributed by atoms with van der Waals surface area (Å²) in [6.07, 6.45) is 5.51. The minimum atomic E-state index is -0.0866. The molecule has 1 N–H and O–H groups in total. The van der Waals surface area contributed by atoms with E-state index in [0.717, 1.165) is 8.95 Å². The molecule has 1 amide bonds. The maximum Gasteiger partial charge on any atom is 0.227 e. The minimum Gasteiger partial charge on any atom is -0.311 e. The predicted octanol–water partition coefficient (Wildman–Crippen LogP) is 2.83. The number of pyridine rings is 1. The van der Waals surface area contributed by atoms with Gasteiger partial charge in [0.1, 0.15) is 5.82 Å². The fraction of sp³-hybridized carbons (Fsp3) is 0.182. The van der Waals surface area contributed by atoms with Crippen LogP contribution in [0.15, 0.2) is 39.7 Å². The molecule has 0 bridgehead atoms. The number of aryl methyl sites for hydroxylation is 1. The highest BCUT2D eigenvalue weighted by Crippen LogP contribution is 2.11. The molecule has 0 aliphatic heterocycles. The second kappa shape index (κ2) is 6.10. The van der Waals surface area contributed by atoms with Gasteiger partial charge in [0.05, 0.1) is 10.7 Å². The van der Waals surface area contributed by atoms with E-state index in [1.165, 1.54) is 0 Å². The van der Waals surface area contributed by atoms with Crippen molar-refractivity contribution >= 4 is 43.6 Å². The van der Waals surface area contributed by atoms with Crippen molar-refractivity contribution in [2.75, 3.05) is 5.32 Å². The molecular weight excluding hydrogens is 364 g/mol. The van der Waals surface area contributed by atoms with Gasteiger partial charge in [-0.15, -0.1) is 0 Å². The number of carbonyl (C=O) groups is 1. The van der Waals surface area contributed by atoms with Gasteiger partial charge in [-0.05, 0) is 44.0 Å². The zero-order chi connectivity index (χ0) is 13.0. The molecule has 2 rings (SSSR count). The standard InChI is InChI=1S/C11H10Br2N4O/c12-8-1-2-10(14-5-8)16-11(18)3-4-17-7-9(13)6-15-17/h1-2,5-7H,3-4H2,(H,14,16,18). The Kier molecular flexibility index (Phi) is 4.48. The van der Waals surface area contributed by atoms with Crippen LogP contribution in [-0.4, -0.2) is 20.7 Å². The fourth-order valence-electron chi connectivity index (χ4n) is 1.33. The van der Waals surface area contributed by atoms with Gasteiger partial charge in [0.2, 0.25) is 5.91 Å². The maximum atomic E-state index is 11.7. The lowest BCUT2D eigenvalue weighted by molar-refractivity contribution is -0.116. The molecule has 0 aliphatic rings. The van der Waals surface area contributed by atoms with Gasteiger partial charge >= 0.3 is 0 Å². The van der Waals surface area contributed by atoms with E-state index in [9.17, 15) is 4.79 Å². The second-order valence-corrected chi connectivity index (χ2v) is 5.41. The first kappa shape index (κ1) is 13.2. The van der Waals surface area contributed by atoms with Crippen molar-refractivity contribution < 1.29 is 4.79 Å². The van der Waals surface area contributed by atoms with E-state index in [1.54, 1.807) is 23.1 Å². The Morgan fingerprint density at radius 2 is 2.11 bits per heavy atom. The zero-order valence-corrected chi connectivity index (χ0v) is 12.5. The van der Waals surface area contributed by atoms with Gasteiger partial charge < -0.3 is 5.32 Å². The summed E-state index contributed by atoms with van der Waals surface area (Å²) in [6, 6.07) is 3.57. The third-order valence-corrected chi connectivity index (χ3v) is 3.04. The lowest BCUT2D eigenvalue weighted by Crippen LogP contribution is -2.15. The van der Waals surface area contributed by atoms with E-state index in [2.05, 4.69) is 47.3 Å². The highest BCUT2D eigenvalue weighted by atomic mass is 79.9. The van der Waals surface area contributed by atoms with Gasteiger partial charge in [0, 0.05) is 29.8 Å². The van der Waals surface area contributed by atoms with E-state index in [0.29, 0.717) is 18.8 Å². The SMILES string of the molecule is O=C(CCn1cc(Br)cn1)Nc1ccc(Br)cn1. The maximum absolute atomic E-state index is 11.7. The van der Waals surface area contributed by atoms with Crippen LogP contribution in [0, 0.1) is 0 Å². The smallest absolute Gasteiger partial charge is 0.227 e. The highest BCUT2D eigenvalue weighted by Gasteiger charge is 2.04. The molecule has 0 unspecified atom stereocenters. The molecule has 0 spiro atoms. The summed E-state index contributed by atoms with van der Waals surface area (Å²) in [7, 11) is 0. The average Bonchev–Trinajstić information content (AvgIpc) is 2.76. The topological polar surface area (TPSA) is 59.8 Å². The Bertz CT molecular complexity index is 538. The number of halogens is 2. The number of nitrogens with one attached hydrogen (secondary N) is 1. The molecule has 7 heteroatoms. The van der Waals surface area contributed by atoms with Crippen molar-refractivity contribution in [1.29, 1.82) is 0 Å². The van der Waals surface area contributed by atoms with Gasteiger partial charge in [-0.25, -0.2) is 4.98 Å². The van der Waals surface area contributed by atoms with Gasteiger partial charge in [-0.1, -0.05) is 0 Å². The normalized spacial score (nSPS) is 10.3. The molecule has 94 valence electrons. The summed E-state index contributed by atoms with van der Waals surface area (Å²) < 4.78 is 3.48. The first-order chi connectivity index (χ1) is 8.63. The Morgan fingerprint density at radius 3 is 2.72 bits per heavy atom. The third kappa shape index (κ3) is 3.92. The van der Waals surface area contributed by atoms with Crippen molar-refractivity contribution in [3.05, 3.63) is 39.7 Å². The molecule has 0 atom stereocenters. The van der Waals surface area contributed by atoms with Crippen LogP contribution in [0.25, 0.3) is 0 Å². The van der Waals surface area contributed by atoms with E-state index in [-0.39, 0.29) is 5.91 Å². The molecule has 2 aromatic heterocycles. The van der Waals surface area contributed by atoms with Crippen LogP contribution in [-0.2, 0) is 11.3 Å². The van der Waals surface area contributed by atoms with Gasteiger partial charge in [-0.2, -0.15) is 5.10 Å². The highest BCUT2D eigenvalue weighted by molar-refractivity contribution is 9.10. The number of rotatable bonds is 4. The molecule has 0 aromatic carbocycles. The molecule has 0 radical (unpaired) electrons. The lowest BCUT2D eigenvalue weighted by Gasteiger charge is -2.04. The number of nitrogens with zero attached hydrogens (tertiary/aromatic N) is 3. The molecular formula is C11H10Br2N4O. The molecule has 2 heterocycles. The second-order valence-electron chi connectivity index (χ2n) is 3.58. The van der Waals surface area contributed by atoms with E-state index < -0.39 is 0 Å². The molecule has 0 fully saturated rings. The Labute approximate surface area is 121 Å². The predicted molar refractivity (Wildman–Crippen MR) is 75.1 cm³/mol. The number of anilines is 1. The zero-order valence-electron chi connectivity index (χ0n) is 9.31. The van der Waals surface area contributed by atoms with Crippen molar-refractivity contribution in [3.63, 3.8) is 0 Å². The lowest BCUT2D eigenvalue weighted by atomic mass is 10.4. The van der Waals surface area contributed by atoms with Gasteiger partial charge in [0.15, 0.2) is 0 Å². The molecule has 18 heavy (non-hydrogen) atoms. The summed E-state index contributed by atoms with van der Waals surface area (Å²) in [5.41, 5.74) is 0. The Morgan fingerprint density at radius 1 is 1.28 bits per heavy atom. The van der Waals surface area contributed by atoms with Gasteiger partial charge in [-0.3, -0.25) is 9.48 Å². The number of aromatic nitrogens is 3. The quantitative estimate of drug-likeness (QED) is 0.896. The summed E-state index contributed by atoms with van der Waals surface area (Å²) in [5.74, 6) is 0.460. The van der Waals surface area contributed by atoms with Crippen molar-refractivity contribution in [3.8, 4) is 0 Å². The third-order valence-electron chi connectivity index (χ3n) is 2.16. The van der Waals surface area contributed by atoms with Crippen LogP contribution in [0.2, 0.25) is 0 Å². The first-order valence-corrected chi connectivity index (χ1v) is 6.81. The number of amides is 1. The number of carbonyl (C=O) groups excluding carboxylic acids is 1. The van der Waals surface area contributed by atoms with Gasteiger partial charge in [0.25, 0.3) is 0 Å². The van der Waals surface area contributed by atoms with Crippen molar-refractivity contribution in [2.45, 2.75) is 13.0 Å². The fourth-order valence-corrected chi connectivity index (χ4v) is 1.89. The summed E-state index contributed by atoms with van der Waals surface area (Å²) in [5, 5.41) is 6.80. The van der Waals surface area contributed by atoms with Crippen LogP contribution < -0.4 is 5.32 Å². The molecule has 5 nitrogen and oxygen atoms in total. The molecule has 2 aromatic rings. The van der Waals surface area contributed by atoms with Crippen molar-refractivity contribution in [1.82, 2.24) is 14.8 Å². The van der Waals surface area contributed by atoms with E-state index in [4.69, 9.17) is 0 Å². The minimum absolute atomic E-state index is 0.0866. The molecule has 0 aliphatic carbocycles. The average molecular weight is 374 g/mol. The van der Waals surface area contributed by atoms with E-state index in [1.807, 2.05) is 12.3 Å². The summed E-state index contributed by atoms with van der Waals surface area (Å²) in [6.45, 7) is 0.536. The number of hydrogen-bond donors (Lipinski definition) is 1. The Hall–Kier alpha value is -1.21. The van der Waals surface area contributed by atoms with Crippen LogP contribution in [0.3, 0.4) is 0 Å². The van der Waals surface area contributed by atoms with Crippen LogP contribution >= 0.6 is 31.9 Å². The molecule has 0 saturated heterocycles. The molecule has 0 saturated carbocycles. The first-order valence-electron chi connectivity index (χ1n) is 5.23.